The average Bonchev–Trinajstić information content (AvgIpc) is 2.78. The molecule has 6 heteroatoms. The molecular formula is C19H28N2O4. The second-order valence-electron chi connectivity index (χ2n) is 7.28. The number of Topliss-reactive ketones (excluding diaryl/α,β-unsaturated/α-hetero) is 1. The number of carbonyl (C=O) groups excluding carboxylic acids is 3. The van der Waals surface area contributed by atoms with Gasteiger partial charge in [-0.1, -0.05) is 20.3 Å². The van der Waals surface area contributed by atoms with Crippen molar-refractivity contribution >= 4 is 17.7 Å². The van der Waals surface area contributed by atoms with Crippen LogP contribution in [-0.4, -0.2) is 47.7 Å². The van der Waals surface area contributed by atoms with Crippen molar-refractivity contribution in [2.24, 2.45) is 11.8 Å². The number of aromatic amines is 1. The minimum absolute atomic E-state index is 0.0493. The largest absolute Gasteiger partial charge is 0.464 e. The number of H-pyrrole nitrogens is 1. The molecule has 1 heterocycles. The van der Waals surface area contributed by atoms with Crippen LogP contribution >= 0.6 is 0 Å². The monoisotopic (exact) mass is 348 g/mol. The molecule has 1 aliphatic carbocycles. The molecule has 0 saturated heterocycles. The van der Waals surface area contributed by atoms with Gasteiger partial charge in [-0.25, -0.2) is 4.79 Å². The summed E-state index contributed by atoms with van der Waals surface area (Å²) in [4.78, 5) is 41.9. The molecule has 0 aromatic carbocycles. The summed E-state index contributed by atoms with van der Waals surface area (Å²) in [5.41, 5.74) is 1.98. The number of aromatic nitrogens is 1. The van der Waals surface area contributed by atoms with Crippen molar-refractivity contribution in [2.45, 2.75) is 47.0 Å². The van der Waals surface area contributed by atoms with E-state index in [0.717, 1.165) is 19.3 Å². The van der Waals surface area contributed by atoms with Gasteiger partial charge in [-0.2, -0.15) is 0 Å². The van der Waals surface area contributed by atoms with E-state index in [1.54, 1.807) is 18.7 Å². The molecule has 0 radical (unpaired) electrons. The molecule has 25 heavy (non-hydrogen) atoms. The third-order valence-corrected chi connectivity index (χ3v) is 4.79. The van der Waals surface area contributed by atoms with Crippen LogP contribution in [0.4, 0.5) is 0 Å². The number of esters is 1. The van der Waals surface area contributed by atoms with E-state index in [-0.39, 0.29) is 30.1 Å². The standard InChI is InChI=1S/C19H28N2O4/c1-11(2)9-21(18(23)14-7-6-8-14)10-15(22)16-12(3)17(19(24)25-5)20-13(16)4/h11,14,20H,6-10H2,1-5H3. The zero-order valence-corrected chi connectivity index (χ0v) is 15.8. The predicted molar refractivity (Wildman–Crippen MR) is 94.7 cm³/mol. The van der Waals surface area contributed by atoms with Crippen molar-refractivity contribution in [1.29, 1.82) is 0 Å². The van der Waals surface area contributed by atoms with Crippen LogP contribution in [0.3, 0.4) is 0 Å². The molecule has 1 aromatic heterocycles. The molecule has 1 N–H and O–H groups in total. The van der Waals surface area contributed by atoms with Gasteiger partial charge >= 0.3 is 5.97 Å². The quantitative estimate of drug-likeness (QED) is 0.607. The fraction of sp³-hybridized carbons (Fsp3) is 0.632. The summed E-state index contributed by atoms with van der Waals surface area (Å²) >= 11 is 0. The van der Waals surface area contributed by atoms with Crippen LogP contribution in [0.5, 0.6) is 0 Å². The lowest BCUT2D eigenvalue weighted by molar-refractivity contribution is -0.138. The fourth-order valence-electron chi connectivity index (χ4n) is 3.31. The Kier molecular flexibility index (Phi) is 6.03. The van der Waals surface area contributed by atoms with Gasteiger partial charge in [0.15, 0.2) is 5.78 Å². The maximum atomic E-state index is 12.9. The molecule has 6 nitrogen and oxygen atoms in total. The van der Waals surface area contributed by atoms with Crippen LogP contribution in [0.25, 0.3) is 0 Å². The highest BCUT2D eigenvalue weighted by Gasteiger charge is 2.32. The molecular weight excluding hydrogens is 320 g/mol. The van der Waals surface area contributed by atoms with E-state index >= 15 is 0 Å². The summed E-state index contributed by atoms with van der Waals surface area (Å²) in [5.74, 6) is -0.215. The molecule has 0 unspecified atom stereocenters. The van der Waals surface area contributed by atoms with Gasteiger partial charge in [0.1, 0.15) is 5.69 Å². The number of aryl methyl sites for hydroxylation is 1. The molecule has 1 amide bonds. The fourth-order valence-corrected chi connectivity index (χ4v) is 3.31. The normalized spacial score (nSPS) is 14.3. The Morgan fingerprint density at radius 3 is 2.36 bits per heavy atom. The van der Waals surface area contributed by atoms with Gasteiger partial charge in [-0.15, -0.1) is 0 Å². The lowest BCUT2D eigenvalue weighted by Crippen LogP contribution is -2.43. The Morgan fingerprint density at radius 2 is 1.88 bits per heavy atom. The van der Waals surface area contributed by atoms with E-state index in [4.69, 9.17) is 4.74 Å². The van der Waals surface area contributed by atoms with E-state index in [2.05, 4.69) is 4.98 Å². The maximum Gasteiger partial charge on any atom is 0.354 e. The molecule has 0 atom stereocenters. The molecule has 1 aliphatic rings. The first-order valence-electron chi connectivity index (χ1n) is 8.85. The Hall–Kier alpha value is -2.11. The Bertz CT molecular complexity index is 671. The second-order valence-corrected chi connectivity index (χ2v) is 7.28. The van der Waals surface area contributed by atoms with Gasteiger partial charge in [0.05, 0.1) is 13.7 Å². The molecule has 1 saturated carbocycles. The molecule has 0 aliphatic heterocycles. The highest BCUT2D eigenvalue weighted by atomic mass is 16.5. The lowest BCUT2D eigenvalue weighted by atomic mass is 9.84. The maximum absolute atomic E-state index is 12.9. The summed E-state index contributed by atoms with van der Waals surface area (Å²) in [6.07, 6.45) is 2.91. The van der Waals surface area contributed by atoms with E-state index < -0.39 is 5.97 Å². The number of hydrogen-bond donors (Lipinski definition) is 1. The number of nitrogens with zero attached hydrogens (tertiary/aromatic N) is 1. The number of ketones is 1. The van der Waals surface area contributed by atoms with Crippen LogP contribution in [0, 0.1) is 25.7 Å². The SMILES string of the molecule is COC(=O)c1[nH]c(C)c(C(=O)CN(CC(C)C)C(=O)C2CCC2)c1C. The van der Waals surface area contributed by atoms with Crippen LogP contribution in [-0.2, 0) is 9.53 Å². The van der Waals surface area contributed by atoms with Crippen molar-refractivity contribution in [3.63, 3.8) is 0 Å². The molecule has 1 aromatic rings. The molecule has 138 valence electrons. The Balaban J connectivity index is 2.21. The van der Waals surface area contributed by atoms with E-state index in [1.807, 2.05) is 13.8 Å². The number of carbonyl (C=O) groups is 3. The highest BCUT2D eigenvalue weighted by molar-refractivity contribution is 6.04. The van der Waals surface area contributed by atoms with Crippen molar-refractivity contribution < 1.29 is 19.1 Å². The van der Waals surface area contributed by atoms with Gasteiger partial charge < -0.3 is 14.6 Å². The molecule has 1 fully saturated rings. The number of nitrogens with one attached hydrogen (secondary N) is 1. The topological polar surface area (TPSA) is 79.5 Å². The Labute approximate surface area is 148 Å². The minimum Gasteiger partial charge on any atom is -0.464 e. The van der Waals surface area contributed by atoms with Crippen molar-refractivity contribution in [2.75, 3.05) is 20.2 Å². The van der Waals surface area contributed by atoms with Gasteiger partial charge in [0.2, 0.25) is 5.91 Å². The lowest BCUT2D eigenvalue weighted by Gasteiger charge is -2.32. The van der Waals surface area contributed by atoms with E-state index in [1.165, 1.54) is 7.11 Å². The first-order valence-corrected chi connectivity index (χ1v) is 8.85. The minimum atomic E-state index is -0.496. The number of rotatable bonds is 7. The second kappa shape index (κ2) is 7.85. The zero-order valence-electron chi connectivity index (χ0n) is 15.8. The molecule has 0 spiro atoms. The van der Waals surface area contributed by atoms with Gasteiger partial charge in [0.25, 0.3) is 0 Å². The molecule has 2 rings (SSSR count). The van der Waals surface area contributed by atoms with Gasteiger partial charge in [0, 0.05) is 23.7 Å². The zero-order chi connectivity index (χ0) is 18.7. The summed E-state index contributed by atoms with van der Waals surface area (Å²) in [6, 6.07) is 0. The average molecular weight is 348 g/mol. The smallest absolute Gasteiger partial charge is 0.354 e. The van der Waals surface area contributed by atoms with Crippen LogP contribution in [0.15, 0.2) is 0 Å². The third kappa shape index (κ3) is 4.11. The van der Waals surface area contributed by atoms with Gasteiger partial charge in [-0.05, 0) is 38.2 Å². The van der Waals surface area contributed by atoms with Crippen LogP contribution < -0.4 is 0 Å². The summed E-state index contributed by atoms with van der Waals surface area (Å²) in [6.45, 7) is 8.17. The summed E-state index contributed by atoms with van der Waals surface area (Å²) in [7, 11) is 1.31. The first kappa shape index (κ1) is 19.2. The van der Waals surface area contributed by atoms with E-state index in [9.17, 15) is 14.4 Å². The Morgan fingerprint density at radius 1 is 1.24 bits per heavy atom. The van der Waals surface area contributed by atoms with Crippen LogP contribution in [0.1, 0.15) is 65.2 Å². The van der Waals surface area contributed by atoms with Crippen LogP contribution in [0.2, 0.25) is 0 Å². The number of ether oxygens (including phenoxy) is 1. The van der Waals surface area contributed by atoms with Crippen molar-refractivity contribution in [3.05, 3.63) is 22.5 Å². The highest BCUT2D eigenvalue weighted by Crippen LogP contribution is 2.29. The predicted octanol–water partition coefficient (Wildman–Crippen LogP) is 2.89. The van der Waals surface area contributed by atoms with Gasteiger partial charge in [-0.3, -0.25) is 9.59 Å². The summed E-state index contributed by atoms with van der Waals surface area (Å²) < 4.78 is 4.74. The summed E-state index contributed by atoms with van der Waals surface area (Å²) in [5, 5.41) is 0. The van der Waals surface area contributed by atoms with E-state index in [0.29, 0.717) is 29.1 Å². The number of amides is 1. The van der Waals surface area contributed by atoms with Crippen molar-refractivity contribution in [1.82, 2.24) is 9.88 Å². The molecule has 0 bridgehead atoms. The first-order chi connectivity index (χ1) is 11.8. The third-order valence-electron chi connectivity index (χ3n) is 4.79. The number of hydrogen-bond acceptors (Lipinski definition) is 4. The number of methoxy groups -OCH3 is 1. The van der Waals surface area contributed by atoms with Crippen molar-refractivity contribution in [3.8, 4) is 0 Å².